The minimum atomic E-state index is -1.06. The second-order valence-electron chi connectivity index (χ2n) is 3.12. The monoisotopic (exact) mass is 228 g/mol. The molecule has 0 amide bonds. The van der Waals surface area contributed by atoms with Crippen molar-refractivity contribution >= 4 is 11.7 Å². The van der Waals surface area contributed by atoms with E-state index in [9.17, 15) is 9.18 Å². The number of halogens is 1. The summed E-state index contributed by atoms with van der Waals surface area (Å²) in [6.45, 7) is -0.0605. The lowest BCUT2D eigenvalue weighted by Crippen LogP contribution is -2.36. The Morgan fingerprint density at radius 2 is 2.38 bits per heavy atom. The molecule has 88 valence electrons. The molecule has 5 nitrogen and oxygen atoms in total. The van der Waals surface area contributed by atoms with Crippen LogP contribution in [0.15, 0.2) is 18.2 Å². The van der Waals surface area contributed by atoms with E-state index in [1.807, 2.05) is 0 Å². The second-order valence-corrected chi connectivity index (χ2v) is 3.12. The maximum Gasteiger partial charge on any atom is 0.327 e. The molecule has 1 rings (SSSR count). The number of nitrogens with one attached hydrogen (secondary N) is 1. The van der Waals surface area contributed by atoms with Crippen LogP contribution in [0.3, 0.4) is 0 Å². The number of ether oxygens (including phenoxy) is 1. The van der Waals surface area contributed by atoms with E-state index in [-0.39, 0.29) is 12.3 Å². The fourth-order valence-electron chi connectivity index (χ4n) is 1.17. The van der Waals surface area contributed by atoms with Gasteiger partial charge in [-0.25, -0.2) is 9.18 Å². The summed E-state index contributed by atoms with van der Waals surface area (Å²) in [4.78, 5) is 10.7. The highest BCUT2D eigenvalue weighted by Crippen LogP contribution is 2.21. The highest BCUT2D eigenvalue weighted by molar-refractivity contribution is 5.77. The summed E-state index contributed by atoms with van der Waals surface area (Å²) in [6, 6.07) is 3.08. The summed E-state index contributed by atoms with van der Waals surface area (Å²) in [5.74, 6) is -1.52. The molecule has 4 N–H and O–H groups in total. The molecular weight excluding hydrogens is 215 g/mol. The Kier molecular flexibility index (Phi) is 4.07. The number of carbonyl (C=O) groups is 1. The third kappa shape index (κ3) is 2.83. The minimum Gasteiger partial charge on any atom is -0.494 e. The summed E-state index contributed by atoms with van der Waals surface area (Å²) in [5, 5.41) is 11.4. The fourth-order valence-corrected chi connectivity index (χ4v) is 1.17. The van der Waals surface area contributed by atoms with Gasteiger partial charge in [-0.15, -0.1) is 0 Å². The van der Waals surface area contributed by atoms with Crippen molar-refractivity contribution in [3.63, 3.8) is 0 Å². The van der Waals surface area contributed by atoms with Gasteiger partial charge in [-0.3, -0.25) is 0 Å². The van der Waals surface area contributed by atoms with Gasteiger partial charge in [0.05, 0.1) is 7.11 Å². The lowest BCUT2D eigenvalue weighted by Gasteiger charge is -2.14. The van der Waals surface area contributed by atoms with Crippen molar-refractivity contribution in [2.45, 2.75) is 6.04 Å². The Bertz CT molecular complexity index is 384. The molecule has 0 bridgehead atoms. The molecule has 0 saturated heterocycles. The molecule has 6 heteroatoms. The van der Waals surface area contributed by atoms with E-state index >= 15 is 0 Å². The Hall–Kier alpha value is -1.82. The molecule has 1 aromatic rings. The van der Waals surface area contributed by atoms with Gasteiger partial charge >= 0.3 is 5.97 Å². The number of benzene rings is 1. The van der Waals surface area contributed by atoms with Gasteiger partial charge in [0.2, 0.25) is 0 Å². The van der Waals surface area contributed by atoms with Crippen molar-refractivity contribution in [2.75, 3.05) is 19.0 Å². The number of methoxy groups -OCH3 is 1. The molecule has 0 heterocycles. The van der Waals surface area contributed by atoms with E-state index in [1.54, 1.807) is 0 Å². The Morgan fingerprint density at radius 1 is 1.69 bits per heavy atom. The molecule has 16 heavy (non-hydrogen) atoms. The normalized spacial score (nSPS) is 11.9. The van der Waals surface area contributed by atoms with Crippen LogP contribution < -0.4 is 15.8 Å². The number of carboxylic acid groups (broad SMARTS) is 1. The summed E-state index contributed by atoms with van der Waals surface area (Å²) >= 11 is 0. The number of carboxylic acids is 1. The van der Waals surface area contributed by atoms with Gasteiger partial charge in [0.25, 0.3) is 0 Å². The van der Waals surface area contributed by atoms with Crippen LogP contribution in [0.4, 0.5) is 10.1 Å². The zero-order chi connectivity index (χ0) is 12.1. The summed E-state index contributed by atoms with van der Waals surface area (Å²) in [6.07, 6.45) is 0. The SMILES string of the molecule is COc1cc(NC(CN)C(=O)O)ccc1F. The Balaban J connectivity index is 2.84. The van der Waals surface area contributed by atoms with Gasteiger partial charge in [0.15, 0.2) is 11.6 Å². The number of rotatable bonds is 5. The van der Waals surface area contributed by atoms with Crippen LogP contribution in [0.5, 0.6) is 5.75 Å². The Morgan fingerprint density at radius 3 is 2.88 bits per heavy atom. The smallest absolute Gasteiger partial charge is 0.327 e. The zero-order valence-corrected chi connectivity index (χ0v) is 8.74. The maximum atomic E-state index is 13.1. The van der Waals surface area contributed by atoms with Crippen LogP contribution in [0.2, 0.25) is 0 Å². The van der Waals surface area contributed by atoms with Crippen LogP contribution in [0.25, 0.3) is 0 Å². The first-order valence-electron chi connectivity index (χ1n) is 4.61. The lowest BCUT2D eigenvalue weighted by molar-refractivity contribution is -0.137. The predicted octanol–water partition coefficient (Wildman–Crippen LogP) is 0.658. The van der Waals surface area contributed by atoms with Crippen molar-refractivity contribution in [1.29, 1.82) is 0 Å². The van der Waals surface area contributed by atoms with Crippen LogP contribution in [-0.4, -0.2) is 30.8 Å². The molecular formula is C10H13FN2O3. The summed E-state index contributed by atoms with van der Waals surface area (Å²) < 4.78 is 17.8. The first-order chi connectivity index (χ1) is 7.58. The molecule has 0 saturated carbocycles. The highest BCUT2D eigenvalue weighted by atomic mass is 19.1. The quantitative estimate of drug-likeness (QED) is 0.689. The average Bonchev–Trinajstić information content (AvgIpc) is 2.27. The summed E-state index contributed by atoms with van der Waals surface area (Å²) in [7, 11) is 1.33. The van der Waals surface area contributed by atoms with Gasteiger partial charge in [-0.1, -0.05) is 0 Å². The molecule has 0 radical (unpaired) electrons. The molecule has 0 fully saturated rings. The maximum absolute atomic E-state index is 13.1. The minimum absolute atomic E-state index is 0.0474. The van der Waals surface area contributed by atoms with Crippen molar-refractivity contribution < 1.29 is 19.0 Å². The standard InChI is InChI=1S/C10H13FN2O3/c1-16-9-4-6(2-3-7(9)11)13-8(5-12)10(14)15/h2-4,8,13H,5,12H2,1H3,(H,14,15). The van der Waals surface area contributed by atoms with E-state index in [1.165, 1.54) is 25.3 Å². The number of nitrogens with two attached hydrogens (primary N) is 1. The molecule has 0 aliphatic carbocycles. The topological polar surface area (TPSA) is 84.6 Å². The number of hydrogen-bond acceptors (Lipinski definition) is 4. The first-order valence-corrected chi connectivity index (χ1v) is 4.61. The van der Waals surface area contributed by atoms with Crippen LogP contribution in [-0.2, 0) is 4.79 Å². The van der Waals surface area contributed by atoms with E-state index in [0.717, 1.165) is 0 Å². The Labute approximate surface area is 92.0 Å². The molecule has 0 aliphatic rings. The van der Waals surface area contributed by atoms with E-state index in [0.29, 0.717) is 5.69 Å². The summed E-state index contributed by atoms with van der Waals surface area (Å²) in [5.41, 5.74) is 5.71. The molecule has 1 atom stereocenters. The number of aliphatic carboxylic acids is 1. The van der Waals surface area contributed by atoms with Crippen LogP contribution in [0.1, 0.15) is 0 Å². The fraction of sp³-hybridized carbons (Fsp3) is 0.300. The molecule has 0 aromatic heterocycles. The van der Waals surface area contributed by atoms with Crippen molar-refractivity contribution in [2.24, 2.45) is 5.73 Å². The average molecular weight is 228 g/mol. The van der Waals surface area contributed by atoms with E-state index in [2.05, 4.69) is 5.32 Å². The molecule has 0 spiro atoms. The van der Waals surface area contributed by atoms with Crippen molar-refractivity contribution in [3.05, 3.63) is 24.0 Å². The van der Waals surface area contributed by atoms with Gasteiger partial charge in [0, 0.05) is 18.3 Å². The van der Waals surface area contributed by atoms with Gasteiger partial charge in [-0.2, -0.15) is 0 Å². The van der Waals surface area contributed by atoms with E-state index < -0.39 is 17.8 Å². The molecule has 1 unspecified atom stereocenters. The highest BCUT2D eigenvalue weighted by Gasteiger charge is 2.15. The zero-order valence-electron chi connectivity index (χ0n) is 8.74. The second kappa shape index (κ2) is 5.32. The largest absolute Gasteiger partial charge is 0.494 e. The van der Waals surface area contributed by atoms with E-state index in [4.69, 9.17) is 15.6 Å². The molecule has 0 aliphatic heterocycles. The number of anilines is 1. The third-order valence-corrected chi connectivity index (χ3v) is 2.03. The van der Waals surface area contributed by atoms with Crippen LogP contribution >= 0.6 is 0 Å². The van der Waals surface area contributed by atoms with Gasteiger partial charge in [0.1, 0.15) is 6.04 Å². The molecule has 1 aromatic carbocycles. The first kappa shape index (κ1) is 12.3. The van der Waals surface area contributed by atoms with Gasteiger partial charge in [-0.05, 0) is 12.1 Å². The van der Waals surface area contributed by atoms with Gasteiger partial charge < -0.3 is 20.9 Å². The predicted molar refractivity (Wildman–Crippen MR) is 57.1 cm³/mol. The van der Waals surface area contributed by atoms with Crippen molar-refractivity contribution in [1.82, 2.24) is 0 Å². The van der Waals surface area contributed by atoms with Crippen LogP contribution in [0, 0.1) is 5.82 Å². The number of hydrogen-bond donors (Lipinski definition) is 3. The third-order valence-electron chi connectivity index (χ3n) is 2.03. The lowest BCUT2D eigenvalue weighted by atomic mass is 10.2. The van der Waals surface area contributed by atoms with Crippen molar-refractivity contribution in [3.8, 4) is 5.75 Å².